The predicted molar refractivity (Wildman–Crippen MR) is 60.4 cm³/mol. The largest absolute Gasteiger partial charge is 0.399 e. The van der Waals surface area contributed by atoms with Gasteiger partial charge in [-0.05, 0) is 30.5 Å². The van der Waals surface area contributed by atoms with E-state index in [9.17, 15) is 0 Å². The number of rotatable bonds is 1. The zero-order valence-electron chi connectivity index (χ0n) is 8.48. The number of nitrogen functional groups attached to an aromatic ring is 1. The minimum atomic E-state index is 0.811. The molecule has 76 valence electrons. The Hall–Kier alpha value is -1.77. The fraction of sp³-hybridized carbons (Fsp3) is 0.250. The molecule has 0 atom stereocenters. The molecule has 15 heavy (non-hydrogen) atoms. The first kappa shape index (κ1) is 8.53. The predicted octanol–water partition coefficient (Wildman–Crippen LogP) is 2.08. The van der Waals surface area contributed by atoms with Gasteiger partial charge in [0.15, 0.2) is 0 Å². The van der Waals surface area contributed by atoms with Crippen LogP contribution in [0.5, 0.6) is 0 Å². The lowest BCUT2D eigenvalue weighted by Crippen LogP contribution is -1.93. The lowest BCUT2D eigenvalue weighted by atomic mass is 10.0. The molecule has 2 aromatic rings. The van der Waals surface area contributed by atoms with E-state index in [0.717, 1.165) is 18.7 Å². The Bertz CT molecular complexity index is 499. The molecule has 2 N–H and O–H groups in total. The first-order valence-corrected chi connectivity index (χ1v) is 5.25. The summed E-state index contributed by atoms with van der Waals surface area (Å²) in [5.41, 5.74) is 10.4. The van der Waals surface area contributed by atoms with Crippen LogP contribution in [0.1, 0.15) is 12.1 Å². The number of nitrogens with two attached hydrogens (primary N) is 1. The van der Waals surface area contributed by atoms with Gasteiger partial charge in [-0.3, -0.25) is 4.68 Å². The minimum absolute atomic E-state index is 0.811. The number of hydrogen-bond donors (Lipinski definition) is 1. The van der Waals surface area contributed by atoms with Gasteiger partial charge in [0.1, 0.15) is 0 Å². The summed E-state index contributed by atoms with van der Waals surface area (Å²) in [5.74, 6) is 0. The second-order valence-electron chi connectivity index (χ2n) is 3.96. The molecule has 0 bridgehead atoms. The van der Waals surface area contributed by atoms with Crippen LogP contribution in [0.15, 0.2) is 30.5 Å². The van der Waals surface area contributed by atoms with E-state index < -0.39 is 0 Å². The normalized spacial score (nSPS) is 14.1. The van der Waals surface area contributed by atoms with E-state index in [1.54, 1.807) is 0 Å². The quantitative estimate of drug-likeness (QED) is 0.714. The molecule has 0 spiro atoms. The first-order chi connectivity index (χ1) is 7.34. The summed E-state index contributed by atoms with van der Waals surface area (Å²) in [4.78, 5) is 0. The van der Waals surface area contributed by atoms with Crippen molar-refractivity contribution in [2.75, 3.05) is 5.73 Å². The number of nitrogens with zero attached hydrogens (tertiary/aromatic N) is 2. The molecule has 1 aliphatic heterocycles. The monoisotopic (exact) mass is 199 g/mol. The fourth-order valence-electron chi connectivity index (χ4n) is 2.21. The third-order valence-electron chi connectivity index (χ3n) is 2.93. The maximum absolute atomic E-state index is 5.78. The Labute approximate surface area is 88.5 Å². The minimum Gasteiger partial charge on any atom is -0.399 e. The SMILES string of the molecule is Nc1cccc(-c2cnn3c2CCC3)c1. The molecule has 1 aromatic carbocycles. The van der Waals surface area contributed by atoms with E-state index in [4.69, 9.17) is 5.73 Å². The fourth-order valence-corrected chi connectivity index (χ4v) is 2.21. The number of anilines is 1. The Balaban J connectivity index is 2.13. The Kier molecular flexibility index (Phi) is 1.78. The van der Waals surface area contributed by atoms with E-state index in [-0.39, 0.29) is 0 Å². The summed E-state index contributed by atoms with van der Waals surface area (Å²) < 4.78 is 2.10. The average Bonchev–Trinajstić information content (AvgIpc) is 2.77. The highest BCUT2D eigenvalue weighted by molar-refractivity contribution is 5.69. The number of hydrogen-bond acceptors (Lipinski definition) is 2. The van der Waals surface area contributed by atoms with E-state index in [1.807, 2.05) is 24.4 Å². The van der Waals surface area contributed by atoms with Gasteiger partial charge in [-0.25, -0.2) is 0 Å². The molecule has 0 aliphatic carbocycles. The van der Waals surface area contributed by atoms with Crippen molar-refractivity contribution in [1.29, 1.82) is 0 Å². The van der Waals surface area contributed by atoms with Gasteiger partial charge < -0.3 is 5.73 Å². The Morgan fingerprint density at radius 3 is 3.13 bits per heavy atom. The van der Waals surface area contributed by atoms with Crippen molar-refractivity contribution in [2.24, 2.45) is 0 Å². The highest BCUT2D eigenvalue weighted by atomic mass is 15.3. The van der Waals surface area contributed by atoms with Crippen LogP contribution in [0, 0.1) is 0 Å². The molecular formula is C12H13N3. The number of aromatic nitrogens is 2. The average molecular weight is 199 g/mol. The van der Waals surface area contributed by atoms with E-state index in [0.29, 0.717) is 0 Å². The van der Waals surface area contributed by atoms with Crippen molar-refractivity contribution < 1.29 is 0 Å². The van der Waals surface area contributed by atoms with Crippen LogP contribution < -0.4 is 5.73 Å². The van der Waals surface area contributed by atoms with Gasteiger partial charge in [-0.15, -0.1) is 0 Å². The van der Waals surface area contributed by atoms with Crippen molar-refractivity contribution in [2.45, 2.75) is 19.4 Å². The molecule has 1 aliphatic rings. The van der Waals surface area contributed by atoms with E-state index >= 15 is 0 Å². The summed E-state index contributed by atoms with van der Waals surface area (Å²) in [5, 5.41) is 4.38. The van der Waals surface area contributed by atoms with E-state index in [1.165, 1.54) is 23.2 Å². The van der Waals surface area contributed by atoms with Crippen LogP contribution in [-0.4, -0.2) is 9.78 Å². The van der Waals surface area contributed by atoms with Crippen LogP contribution in [0.25, 0.3) is 11.1 Å². The standard InChI is InChI=1S/C12H13N3/c13-10-4-1-3-9(7-10)11-8-14-15-6-2-5-12(11)15/h1,3-4,7-8H,2,5-6,13H2. The first-order valence-electron chi connectivity index (χ1n) is 5.25. The highest BCUT2D eigenvalue weighted by Crippen LogP contribution is 2.28. The molecule has 3 rings (SSSR count). The summed E-state index contributed by atoms with van der Waals surface area (Å²) >= 11 is 0. The smallest absolute Gasteiger partial charge is 0.0571 e. The summed E-state index contributed by atoms with van der Waals surface area (Å²) in [6, 6.07) is 8.00. The maximum atomic E-state index is 5.78. The van der Waals surface area contributed by atoms with Crippen molar-refractivity contribution >= 4 is 5.69 Å². The molecule has 3 nitrogen and oxygen atoms in total. The van der Waals surface area contributed by atoms with Crippen LogP contribution in [0.4, 0.5) is 5.69 Å². The van der Waals surface area contributed by atoms with Crippen molar-refractivity contribution in [3.05, 3.63) is 36.2 Å². The number of benzene rings is 1. The van der Waals surface area contributed by atoms with Crippen LogP contribution >= 0.6 is 0 Å². The zero-order valence-corrected chi connectivity index (χ0v) is 8.48. The van der Waals surface area contributed by atoms with Gasteiger partial charge in [0, 0.05) is 23.5 Å². The van der Waals surface area contributed by atoms with Crippen LogP contribution in [-0.2, 0) is 13.0 Å². The van der Waals surface area contributed by atoms with Crippen molar-refractivity contribution in [1.82, 2.24) is 9.78 Å². The molecule has 0 radical (unpaired) electrons. The Morgan fingerprint density at radius 2 is 2.27 bits per heavy atom. The third-order valence-corrected chi connectivity index (χ3v) is 2.93. The molecule has 0 fully saturated rings. The zero-order chi connectivity index (χ0) is 10.3. The maximum Gasteiger partial charge on any atom is 0.0571 e. The molecule has 0 amide bonds. The van der Waals surface area contributed by atoms with Gasteiger partial charge in [-0.2, -0.15) is 5.10 Å². The second kappa shape index (κ2) is 3.12. The van der Waals surface area contributed by atoms with Gasteiger partial charge in [0.2, 0.25) is 0 Å². The summed E-state index contributed by atoms with van der Waals surface area (Å²) in [6.07, 6.45) is 4.28. The lowest BCUT2D eigenvalue weighted by molar-refractivity contribution is 0.656. The topological polar surface area (TPSA) is 43.8 Å². The summed E-state index contributed by atoms with van der Waals surface area (Å²) in [7, 11) is 0. The molecule has 0 saturated heterocycles. The molecule has 1 aromatic heterocycles. The van der Waals surface area contributed by atoms with Crippen molar-refractivity contribution in [3.8, 4) is 11.1 Å². The second-order valence-corrected chi connectivity index (χ2v) is 3.96. The van der Waals surface area contributed by atoms with Gasteiger partial charge in [0.05, 0.1) is 6.20 Å². The molecule has 2 heterocycles. The summed E-state index contributed by atoms with van der Waals surface area (Å²) in [6.45, 7) is 1.05. The van der Waals surface area contributed by atoms with Gasteiger partial charge in [0.25, 0.3) is 0 Å². The van der Waals surface area contributed by atoms with Crippen LogP contribution in [0.3, 0.4) is 0 Å². The van der Waals surface area contributed by atoms with E-state index in [2.05, 4.69) is 15.8 Å². The Morgan fingerprint density at radius 1 is 1.33 bits per heavy atom. The highest BCUT2D eigenvalue weighted by Gasteiger charge is 2.16. The van der Waals surface area contributed by atoms with Gasteiger partial charge >= 0.3 is 0 Å². The lowest BCUT2D eigenvalue weighted by Gasteiger charge is -2.01. The molecular weight excluding hydrogens is 186 g/mol. The molecule has 0 unspecified atom stereocenters. The van der Waals surface area contributed by atoms with Gasteiger partial charge in [-0.1, -0.05) is 12.1 Å². The third kappa shape index (κ3) is 1.31. The number of fused-ring (bicyclic) bond motifs is 1. The molecule has 3 heteroatoms. The number of aryl methyl sites for hydroxylation is 1. The van der Waals surface area contributed by atoms with Crippen molar-refractivity contribution in [3.63, 3.8) is 0 Å². The van der Waals surface area contributed by atoms with Crippen LogP contribution in [0.2, 0.25) is 0 Å². The molecule has 0 saturated carbocycles.